The molecule has 1 unspecified atom stereocenters. The second-order valence-corrected chi connectivity index (χ2v) is 10.9. The van der Waals surface area contributed by atoms with Gasteiger partial charge in [-0.1, -0.05) is 67.7 Å². The first-order valence-corrected chi connectivity index (χ1v) is 12.8. The molecule has 7 heteroatoms. The van der Waals surface area contributed by atoms with Crippen molar-refractivity contribution in [1.29, 1.82) is 0 Å². The lowest BCUT2D eigenvalue weighted by Crippen LogP contribution is -2.29. The van der Waals surface area contributed by atoms with E-state index in [2.05, 4.69) is 0 Å². The number of hydrogen-bond donors (Lipinski definition) is 1. The summed E-state index contributed by atoms with van der Waals surface area (Å²) in [5, 5.41) is 12.2. The Morgan fingerprint density at radius 3 is 2.24 bits per heavy atom. The fourth-order valence-corrected chi connectivity index (χ4v) is 4.81. The largest absolute Gasteiger partial charge is 0.507 e. The van der Waals surface area contributed by atoms with Gasteiger partial charge in [0, 0.05) is 16.8 Å². The number of benzene rings is 3. The average molecular weight is 538 g/mol. The number of nitrogens with zero attached hydrogens (tertiary/aromatic N) is 1. The molecule has 4 rings (SSSR count). The van der Waals surface area contributed by atoms with Crippen LogP contribution >= 0.6 is 23.2 Å². The van der Waals surface area contributed by atoms with Crippen LogP contribution in [0.15, 0.2) is 66.2 Å². The molecule has 0 radical (unpaired) electrons. The molecule has 0 spiro atoms. The van der Waals surface area contributed by atoms with Crippen molar-refractivity contribution in [3.8, 4) is 5.75 Å². The number of ether oxygens (including phenoxy) is 1. The summed E-state index contributed by atoms with van der Waals surface area (Å²) in [6, 6.07) is 16.6. The summed E-state index contributed by atoms with van der Waals surface area (Å²) in [5.41, 5.74) is 3.07. The van der Waals surface area contributed by atoms with Crippen molar-refractivity contribution in [2.75, 3.05) is 11.5 Å². The first-order chi connectivity index (χ1) is 17.4. The zero-order valence-corrected chi connectivity index (χ0v) is 22.9. The van der Waals surface area contributed by atoms with Gasteiger partial charge in [0.1, 0.15) is 11.5 Å². The van der Waals surface area contributed by atoms with E-state index in [4.69, 9.17) is 27.9 Å². The lowest BCUT2D eigenvalue weighted by atomic mass is 9.84. The zero-order valence-electron chi connectivity index (χ0n) is 21.4. The third-order valence-electron chi connectivity index (χ3n) is 6.38. The third kappa shape index (κ3) is 5.11. The SMILES string of the molecule is CCOc1ccc(/C(O)=C2/C(=O)C(=O)N(c3ccc(C)cc3)C2c2ccc(Cl)c(Cl)c2)cc1C(C)(C)C. The zero-order chi connectivity index (χ0) is 27.1. The minimum atomic E-state index is -0.901. The van der Waals surface area contributed by atoms with Gasteiger partial charge >= 0.3 is 0 Å². The van der Waals surface area contributed by atoms with Gasteiger partial charge in [0.2, 0.25) is 0 Å². The first kappa shape index (κ1) is 26.8. The van der Waals surface area contributed by atoms with Crippen LogP contribution in [0.25, 0.3) is 5.76 Å². The van der Waals surface area contributed by atoms with Crippen molar-refractivity contribution in [3.63, 3.8) is 0 Å². The molecule has 1 N–H and O–H groups in total. The number of rotatable bonds is 5. The number of carbonyl (C=O) groups excluding carboxylic acids is 2. The van der Waals surface area contributed by atoms with Crippen molar-refractivity contribution >= 4 is 46.3 Å². The predicted octanol–water partition coefficient (Wildman–Crippen LogP) is 7.62. The van der Waals surface area contributed by atoms with Crippen LogP contribution in [0.3, 0.4) is 0 Å². The molecule has 1 aliphatic heterocycles. The van der Waals surface area contributed by atoms with E-state index in [9.17, 15) is 14.7 Å². The molecule has 1 atom stereocenters. The lowest BCUT2D eigenvalue weighted by Gasteiger charge is -2.26. The van der Waals surface area contributed by atoms with E-state index < -0.39 is 17.7 Å². The second-order valence-electron chi connectivity index (χ2n) is 10.1. The van der Waals surface area contributed by atoms with Crippen LogP contribution < -0.4 is 9.64 Å². The van der Waals surface area contributed by atoms with Crippen LogP contribution in [-0.4, -0.2) is 23.4 Å². The number of ketones is 1. The summed E-state index contributed by atoms with van der Waals surface area (Å²) in [4.78, 5) is 28.2. The van der Waals surface area contributed by atoms with E-state index in [-0.39, 0.29) is 21.8 Å². The maximum Gasteiger partial charge on any atom is 0.300 e. The van der Waals surface area contributed by atoms with Crippen molar-refractivity contribution < 1.29 is 19.4 Å². The minimum absolute atomic E-state index is 0.0204. The number of anilines is 1. The van der Waals surface area contributed by atoms with Gasteiger partial charge in [-0.15, -0.1) is 0 Å². The second kappa shape index (κ2) is 10.2. The molecule has 0 bridgehead atoms. The summed E-state index contributed by atoms with van der Waals surface area (Å²) in [7, 11) is 0. The predicted molar refractivity (Wildman–Crippen MR) is 149 cm³/mol. The highest BCUT2D eigenvalue weighted by atomic mass is 35.5. The molecular weight excluding hydrogens is 509 g/mol. The Morgan fingerprint density at radius 1 is 0.973 bits per heavy atom. The van der Waals surface area contributed by atoms with Gasteiger partial charge in [0.15, 0.2) is 0 Å². The summed E-state index contributed by atoms with van der Waals surface area (Å²) in [5.74, 6) is -1.07. The van der Waals surface area contributed by atoms with E-state index in [0.717, 1.165) is 11.1 Å². The number of halogens is 2. The smallest absolute Gasteiger partial charge is 0.300 e. The highest BCUT2D eigenvalue weighted by Gasteiger charge is 2.47. The van der Waals surface area contributed by atoms with Crippen molar-refractivity contribution in [2.45, 2.75) is 46.1 Å². The van der Waals surface area contributed by atoms with Crippen LogP contribution in [0.4, 0.5) is 5.69 Å². The number of hydrogen-bond acceptors (Lipinski definition) is 4. The van der Waals surface area contributed by atoms with Crippen LogP contribution in [0, 0.1) is 6.92 Å². The highest BCUT2D eigenvalue weighted by molar-refractivity contribution is 6.51. The maximum atomic E-state index is 13.5. The Kier molecular flexibility index (Phi) is 7.40. The van der Waals surface area contributed by atoms with E-state index >= 15 is 0 Å². The first-order valence-electron chi connectivity index (χ1n) is 12.0. The fraction of sp³-hybridized carbons (Fsp3) is 0.267. The van der Waals surface area contributed by atoms with Gasteiger partial charge in [-0.3, -0.25) is 14.5 Å². The molecular formula is C30H29Cl2NO4. The van der Waals surface area contributed by atoms with Gasteiger partial charge in [-0.05, 0) is 67.3 Å². The van der Waals surface area contributed by atoms with Gasteiger partial charge < -0.3 is 9.84 Å². The normalized spacial score (nSPS) is 17.4. The van der Waals surface area contributed by atoms with Gasteiger partial charge in [0.25, 0.3) is 11.7 Å². The van der Waals surface area contributed by atoms with Crippen LogP contribution in [0.1, 0.15) is 56.0 Å². The standard InChI is InChI=1S/C30H29Cl2NO4/c1-6-37-24-14-10-19(15-21(24)30(3,4)5)27(34)25-26(18-9-13-22(31)23(32)16-18)33(29(36)28(25)35)20-11-7-17(2)8-12-20/h7-16,26,34H,6H2,1-5H3/b27-25-. The quantitative estimate of drug-likeness (QED) is 0.206. The van der Waals surface area contributed by atoms with Crippen LogP contribution in [-0.2, 0) is 15.0 Å². The number of amides is 1. The van der Waals surface area contributed by atoms with Crippen LogP contribution in [0.2, 0.25) is 10.0 Å². The van der Waals surface area contributed by atoms with E-state index in [1.54, 1.807) is 42.5 Å². The summed E-state index contributed by atoms with van der Waals surface area (Å²) >= 11 is 12.5. The lowest BCUT2D eigenvalue weighted by molar-refractivity contribution is -0.132. The summed E-state index contributed by atoms with van der Waals surface area (Å²) in [6.07, 6.45) is 0. The molecule has 0 aromatic heterocycles. The number of Topliss-reactive ketones (excluding diaryl/α,β-unsaturated/α-hetero) is 1. The molecule has 192 valence electrons. The summed E-state index contributed by atoms with van der Waals surface area (Å²) in [6.45, 7) is 10.5. The molecule has 3 aromatic rings. The molecule has 3 aromatic carbocycles. The topological polar surface area (TPSA) is 66.8 Å². The Labute approximate surface area is 227 Å². The van der Waals surface area contributed by atoms with Gasteiger partial charge in [-0.2, -0.15) is 0 Å². The monoisotopic (exact) mass is 537 g/mol. The molecule has 5 nitrogen and oxygen atoms in total. The molecule has 1 saturated heterocycles. The molecule has 1 fully saturated rings. The Hall–Kier alpha value is -3.28. The molecule has 0 aliphatic carbocycles. The number of aryl methyl sites for hydroxylation is 1. The van der Waals surface area contributed by atoms with Gasteiger partial charge in [-0.25, -0.2) is 0 Å². The highest BCUT2D eigenvalue weighted by Crippen LogP contribution is 2.44. The van der Waals surface area contributed by atoms with Gasteiger partial charge in [0.05, 0.1) is 28.3 Å². The average Bonchev–Trinajstić information content (AvgIpc) is 3.11. The van der Waals surface area contributed by atoms with Crippen LogP contribution in [0.5, 0.6) is 5.75 Å². The van der Waals surface area contributed by atoms with E-state index in [1.807, 2.05) is 52.8 Å². The fourth-order valence-electron chi connectivity index (χ4n) is 4.50. The molecule has 1 heterocycles. The molecule has 0 saturated carbocycles. The van der Waals surface area contributed by atoms with E-state index in [0.29, 0.717) is 34.2 Å². The van der Waals surface area contributed by atoms with Crippen molar-refractivity contribution in [3.05, 3.63) is 98.5 Å². The van der Waals surface area contributed by atoms with Crippen molar-refractivity contribution in [1.82, 2.24) is 0 Å². The molecule has 1 aliphatic rings. The third-order valence-corrected chi connectivity index (χ3v) is 7.12. The maximum absolute atomic E-state index is 13.5. The molecule has 37 heavy (non-hydrogen) atoms. The Bertz CT molecular complexity index is 1400. The Balaban J connectivity index is 1.96. The van der Waals surface area contributed by atoms with Crippen molar-refractivity contribution in [2.24, 2.45) is 0 Å². The summed E-state index contributed by atoms with van der Waals surface area (Å²) < 4.78 is 5.81. The minimum Gasteiger partial charge on any atom is -0.507 e. The number of carbonyl (C=O) groups is 2. The van der Waals surface area contributed by atoms with E-state index in [1.165, 1.54) is 4.90 Å². The number of aliphatic hydroxyl groups is 1. The molecule has 1 amide bonds. The Morgan fingerprint density at radius 2 is 1.65 bits per heavy atom. The number of aliphatic hydroxyl groups excluding tert-OH is 1.